The summed E-state index contributed by atoms with van der Waals surface area (Å²) in [5.74, 6) is 1.69. The zero-order chi connectivity index (χ0) is 16.8. The number of aryl methyl sites for hydroxylation is 1. The molecule has 0 aromatic carbocycles. The number of aromatic nitrogens is 2. The molecule has 1 aromatic heterocycles. The SMILES string of the molecule is Cc1cnc(C2CCOCC2)n1CCNC(=O)CN1CCOCC1. The molecule has 1 N–H and O–H groups in total. The van der Waals surface area contributed by atoms with Crippen molar-refractivity contribution in [2.24, 2.45) is 0 Å². The lowest BCUT2D eigenvalue weighted by Crippen LogP contribution is -2.43. The van der Waals surface area contributed by atoms with Crippen LogP contribution in [0.4, 0.5) is 0 Å². The van der Waals surface area contributed by atoms with E-state index in [0.717, 1.165) is 70.4 Å². The van der Waals surface area contributed by atoms with Crippen LogP contribution < -0.4 is 5.32 Å². The van der Waals surface area contributed by atoms with Crippen LogP contribution in [0.1, 0.15) is 30.3 Å². The van der Waals surface area contributed by atoms with E-state index in [1.54, 1.807) is 0 Å². The fourth-order valence-electron chi connectivity index (χ4n) is 3.38. The summed E-state index contributed by atoms with van der Waals surface area (Å²) in [5, 5.41) is 3.03. The van der Waals surface area contributed by atoms with Crippen LogP contribution in [0.15, 0.2) is 6.20 Å². The smallest absolute Gasteiger partial charge is 0.234 e. The molecule has 0 aliphatic carbocycles. The number of nitrogens with one attached hydrogen (secondary N) is 1. The van der Waals surface area contributed by atoms with Gasteiger partial charge in [0, 0.05) is 57.2 Å². The summed E-state index contributed by atoms with van der Waals surface area (Å²) >= 11 is 0. The molecule has 0 spiro atoms. The van der Waals surface area contributed by atoms with Gasteiger partial charge in [-0.05, 0) is 19.8 Å². The number of imidazole rings is 1. The predicted octanol–water partition coefficient (Wildman–Crippen LogP) is 0.534. The lowest BCUT2D eigenvalue weighted by molar-refractivity contribution is -0.123. The first-order chi connectivity index (χ1) is 11.7. The van der Waals surface area contributed by atoms with Crippen LogP contribution in [-0.2, 0) is 20.8 Å². The van der Waals surface area contributed by atoms with Crippen LogP contribution >= 0.6 is 0 Å². The standard InChI is InChI=1S/C17H28N4O3/c1-14-12-19-17(15-2-8-23-9-3-15)21(14)5-4-18-16(22)13-20-6-10-24-11-7-20/h12,15H,2-11,13H2,1H3,(H,18,22). The van der Waals surface area contributed by atoms with Crippen LogP contribution in [0.5, 0.6) is 0 Å². The minimum Gasteiger partial charge on any atom is -0.381 e. The van der Waals surface area contributed by atoms with E-state index in [1.165, 1.54) is 0 Å². The molecule has 2 fully saturated rings. The number of nitrogens with zero attached hydrogens (tertiary/aromatic N) is 3. The minimum absolute atomic E-state index is 0.0854. The lowest BCUT2D eigenvalue weighted by atomic mass is 9.99. The molecule has 2 saturated heterocycles. The van der Waals surface area contributed by atoms with Crippen molar-refractivity contribution < 1.29 is 14.3 Å². The summed E-state index contributed by atoms with van der Waals surface area (Å²) in [5.41, 5.74) is 1.15. The van der Waals surface area contributed by atoms with Gasteiger partial charge >= 0.3 is 0 Å². The Morgan fingerprint density at radius 2 is 1.96 bits per heavy atom. The van der Waals surface area contributed by atoms with Crippen molar-refractivity contribution in [2.45, 2.75) is 32.2 Å². The molecule has 1 aromatic rings. The highest BCUT2D eigenvalue weighted by Crippen LogP contribution is 2.26. The summed E-state index contributed by atoms with van der Waals surface area (Å²) in [7, 11) is 0. The first-order valence-electron chi connectivity index (χ1n) is 8.90. The highest BCUT2D eigenvalue weighted by atomic mass is 16.5. The number of rotatable bonds is 6. The molecule has 7 nitrogen and oxygen atoms in total. The van der Waals surface area contributed by atoms with E-state index < -0.39 is 0 Å². The molecule has 1 amide bonds. The molecule has 0 atom stereocenters. The number of ether oxygens (including phenoxy) is 2. The topological polar surface area (TPSA) is 68.6 Å². The van der Waals surface area contributed by atoms with Gasteiger partial charge in [-0.3, -0.25) is 9.69 Å². The quantitative estimate of drug-likeness (QED) is 0.821. The van der Waals surface area contributed by atoms with E-state index in [9.17, 15) is 4.79 Å². The number of hydrogen-bond donors (Lipinski definition) is 1. The summed E-state index contributed by atoms with van der Waals surface area (Å²) in [6, 6.07) is 0. The van der Waals surface area contributed by atoms with Crippen LogP contribution in [0.25, 0.3) is 0 Å². The molecule has 2 aliphatic rings. The van der Waals surface area contributed by atoms with E-state index in [1.807, 2.05) is 6.20 Å². The van der Waals surface area contributed by atoms with Crippen molar-refractivity contribution in [2.75, 3.05) is 52.6 Å². The molecule has 2 aliphatic heterocycles. The first-order valence-corrected chi connectivity index (χ1v) is 8.90. The fraction of sp³-hybridized carbons (Fsp3) is 0.765. The minimum atomic E-state index is 0.0854. The molecule has 0 radical (unpaired) electrons. The largest absolute Gasteiger partial charge is 0.381 e. The van der Waals surface area contributed by atoms with Gasteiger partial charge in [-0.25, -0.2) is 4.98 Å². The van der Waals surface area contributed by atoms with Gasteiger partial charge in [-0.2, -0.15) is 0 Å². The predicted molar refractivity (Wildman–Crippen MR) is 90.0 cm³/mol. The second-order valence-electron chi connectivity index (χ2n) is 6.53. The summed E-state index contributed by atoms with van der Waals surface area (Å²) in [6.45, 7) is 8.67. The number of carbonyl (C=O) groups excluding carboxylic acids is 1. The van der Waals surface area contributed by atoms with E-state index >= 15 is 0 Å². The maximum atomic E-state index is 12.1. The maximum Gasteiger partial charge on any atom is 0.234 e. The van der Waals surface area contributed by atoms with E-state index in [-0.39, 0.29) is 5.91 Å². The summed E-state index contributed by atoms with van der Waals surface area (Å²) in [6.07, 6.45) is 3.99. The van der Waals surface area contributed by atoms with Crippen molar-refractivity contribution >= 4 is 5.91 Å². The van der Waals surface area contributed by atoms with E-state index in [4.69, 9.17) is 9.47 Å². The van der Waals surface area contributed by atoms with E-state index in [0.29, 0.717) is 19.0 Å². The molecule has 134 valence electrons. The van der Waals surface area contributed by atoms with Gasteiger partial charge in [0.25, 0.3) is 0 Å². The Hall–Kier alpha value is -1.44. The number of carbonyl (C=O) groups is 1. The normalized spacial score (nSPS) is 20.2. The molecule has 0 unspecified atom stereocenters. The Morgan fingerprint density at radius 1 is 1.25 bits per heavy atom. The second-order valence-corrected chi connectivity index (χ2v) is 6.53. The van der Waals surface area contributed by atoms with Crippen LogP contribution in [0.3, 0.4) is 0 Å². The monoisotopic (exact) mass is 336 g/mol. The summed E-state index contributed by atoms with van der Waals surface area (Å²) < 4.78 is 13.0. The molecule has 7 heteroatoms. The van der Waals surface area contributed by atoms with Gasteiger partial charge in [0.2, 0.25) is 5.91 Å². The third kappa shape index (κ3) is 4.55. The maximum absolute atomic E-state index is 12.1. The third-order valence-corrected chi connectivity index (χ3v) is 4.80. The fourth-order valence-corrected chi connectivity index (χ4v) is 3.38. The third-order valence-electron chi connectivity index (χ3n) is 4.80. The van der Waals surface area contributed by atoms with Crippen molar-refractivity contribution in [3.8, 4) is 0 Å². The molecule has 24 heavy (non-hydrogen) atoms. The van der Waals surface area contributed by atoms with Crippen molar-refractivity contribution in [1.82, 2.24) is 19.8 Å². The average Bonchev–Trinajstić information content (AvgIpc) is 2.97. The molecule has 3 rings (SSSR count). The van der Waals surface area contributed by atoms with Crippen molar-refractivity contribution in [1.29, 1.82) is 0 Å². The van der Waals surface area contributed by atoms with Crippen LogP contribution in [0.2, 0.25) is 0 Å². The molecule has 3 heterocycles. The number of amides is 1. The number of morpholine rings is 1. The van der Waals surface area contributed by atoms with Gasteiger partial charge in [-0.15, -0.1) is 0 Å². The first kappa shape index (κ1) is 17.4. The number of hydrogen-bond acceptors (Lipinski definition) is 5. The van der Waals surface area contributed by atoms with Gasteiger partial charge < -0.3 is 19.4 Å². The van der Waals surface area contributed by atoms with Gasteiger partial charge in [0.05, 0.1) is 19.8 Å². The van der Waals surface area contributed by atoms with Crippen LogP contribution in [0, 0.1) is 6.92 Å². The van der Waals surface area contributed by atoms with E-state index in [2.05, 4.69) is 26.7 Å². The van der Waals surface area contributed by atoms with Gasteiger partial charge in [0.1, 0.15) is 5.82 Å². The lowest BCUT2D eigenvalue weighted by Gasteiger charge is -2.26. The Balaban J connectivity index is 1.47. The zero-order valence-electron chi connectivity index (χ0n) is 14.5. The van der Waals surface area contributed by atoms with Crippen molar-refractivity contribution in [3.63, 3.8) is 0 Å². The average molecular weight is 336 g/mol. The van der Waals surface area contributed by atoms with Crippen LogP contribution in [-0.4, -0.2) is 73.0 Å². The highest BCUT2D eigenvalue weighted by molar-refractivity contribution is 5.77. The molecule has 0 saturated carbocycles. The van der Waals surface area contributed by atoms with Gasteiger partial charge in [-0.1, -0.05) is 0 Å². The Labute approximate surface area is 143 Å². The molecular formula is C17H28N4O3. The molecule has 0 bridgehead atoms. The highest BCUT2D eigenvalue weighted by Gasteiger charge is 2.21. The Morgan fingerprint density at radius 3 is 2.71 bits per heavy atom. The summed E-state index contributed by atoms with van der Waals surface area (Å²) in [4.78, 5) is 18.8. The van der Waals surface area contributed by atoms with Gasteiger partial charge in [0.15, 0.2) is 0 Å². The Bertz CT molecular complexity index is 534. The zero-order valence-corrected chi connectivity index (χ0v) is 14.5. The molecular weight excluding hydrogens is 308 g/mol. The van der Waals surface area contributed by atoms with Crippen molar-refractivity contribution in [3.05, 3.63) is 17.7 Å². The second kappa shape index (κ2) is 8.60. The Kier molecular flexibility index (Phi) is 6.23.